The molecule has 1 unspecified atom stereocenters. The molecule has 1 heterocycles. The second kappa shape index (κ2) is 9.33. The number of nitrogens with one attached hydrogen (secondary N) is 1. The number of aromatic nitrogens is 1. The molecule has 3 aromatic carbocycles. The Morgan fingerprint density at radius 3 is 2.00 bits per heavy atom. The lowest BCUT2D eigenvalue weighted by Gasteiger charge is -2.17. The van der Waals surface area contributed by atoms with Crippen LogP contribution in [0.15, 0.2) is 97.3 Å². The summed E-state index contributed by atoms with van der Waals surface area (Å²) in [4.78, 5) is 4.14. The fraction of sp³-hybridized carbons (Fsp3) is 0.115. The van der Waals surface area contributed by atoms with E-state index < -0.39 is 0 Å². The monoisotopic (exact) mass is 398 g/mol. The van der Waals surface area contributed by atoms with Gasteiger partial charge in [0.05, 0.1) is 0 Å². The van der Waals surface area contributed by atoms with Gasteiger partial charge in [-0.25, -0.2) is 4.39 Å². The summed E-state index contributed by atoms with van der Waals surface area (Å²) < 4.78 is 18.9. The minimum absolute atomic E-state index is 0.153. The van der Waals surface area contributed by atoms with Crippen molar-refractivity contribution in [3.05, 3.63) is 120 Å². The number of methoxy groups -OCH3 is 1. The van der Waals surface area contributed by atoms with Gasteiger partial charge in [-0.2, -0.15) is 0 Å². The van der Waals surface area contributed by atoms with Crippen molar-refractivity contribution >= 4 is 5.69 Å². The van der Waals surface area contributed by atoms with Crippen LogP contribution in [0.1, 0.15) is 22.8 Å². The molecule has 30 heavy (non-hydrogen) atoms. The van der Waals surface area contributed by atoms with Gasteiger partial charge >= 0.3 is 0 Å². The van der Waals surface area contributed by atoms with Gasteiger partial charge in [-0.05, 0) is 58.1 Å². The Labute approximate surface area is 176 Å². The van der Waals surface area contributed by atoms with Crippen molar-refractivity contribution in [3.8, 4) is 11.1 Å². The lowest BCUT2D eigenvalue weighted by atomic mass is 9.98. The van der Waals surface area contributed by atoms with Gasteiger partial charge in [-0.1, -0.05) is 54.6 Å². The van der Waals surface area contributed by atoms with Crippen molar-refractivity contribution in [2.75, 3.05) is 12.4 Å². The van der Waals surface area contributed by atoms with Crippen LogP contribution in [0.4, 0.5) is 10.1 Å². The molecule has 1 atom stereocenters. The van der Waals surface area contributed by atoms with Crippen molar-refractivity contribution in [3.63, 3.8) is 0 Å². The van der Waals surface area contributed by atoms with E-state index >= 15 is 0 Å². The zero-order chi connectivity index (χ0) is 20.8. The topological polar surface area (TPSA) is 34.1 Å². The van der Waals surface area contributed by atoms with E-state index in [0.717, 1.165) is 40.0 Å². The highest BCUT2D eigenvalue weighted by Gasteiger charge is 2.13. The van der Waals surface area contributed by atoms with Crippen molar-refractivity contribution in [1.29, 1.82) is 0 Å². The van der Waals surface area contributed by atoms with Gasteiger partial charge < -0.3 is 10.1 Å². The van der Waals surface area contributed by atoms with E-state index in [9.17, 15) is 4.39 Å². The maximum Gasteiger partial charge on any atom is 0.123 e. The Hall–Kier alpha value is -3.50. The average molecular weight is 398 g/mol. The summed E-state index contributed by atoms with van der Waals surface area (Å²) in [6, 6.07) is 27.0. The number of hydrogen-bond donors (Lipinski definition) is 1. The first-order chi connectivity index (χ1) is 14.7. The highest BCUT2D eigenvalue weighted by molar-refractivity contribution is 5.63. The van der Waals surface area contributed by atoms with Gasteiger partial charge in [0.1, 0.15) is 11.9 Å². The van der Waals surface area contributed by atoms with Crippen LogP contribution in [0.3, 0.4) is 0 Å². The third-order valence-corrected chi connectivity index (χ3v) is 5.06. The molecule has 3 nitrogen and oxygen atoms in total. The summed E-state index contributed by atoms with van der Waals surface area (Å²) in [6.07, 6.45) is 3.48. The summed E-state index contributed by atoms with van der Waals surface area (Å²) in [5.74, 6) is -0.229. The minimum Gasteiger partial charge on any atom is -0.381 e. The zero-order valence-corrected chi connectivity index (χ0v) is 16.8. The fourth-order valence-corrected chi connectivity index (χ4v) is 3.44. The molecule has 0 bridgehead atoms. The number of benzene rings is 3. The minimum atomic E-state index is -0.229. The first-order valence-electron chi connectivity index (χ1n) is 9.84. The molecule has 4 rings (SSSR count). The zero-order valence-electron chi connectivity index (χ0n) is 16.8. The predicted molar refractivity (Wildman–Crippen MR) is 119 cm³/mol. The summed E-state index contributed by atoms with van der Waals surface area (Å²) in [6.45, 7) is 0.728. The Bertz CT molecular complexity index is 1060. The maximum absolute atomic E-state index is 13.1. The lowest BCUT2D eigenvalue weighted by molar-refractivity contribution is 0.136. The summed E-state index contributed by atoms with van der Waals surface area (Å²) in [5, 5.41) is 3.41. The van der Waals surface area contributed by atoms with Crippen LogP contribution < -0.4 is 5.32 Å². The molecule has 0 aliphatic rings. The highest BCUT2D eigenvalue weighted by Crippen LogP contribution is 2.29. The Morgan fingerprint density at radius 1 is 0.833 bits per heavy atom. The van der Waals surface area contributed by atoms with E-state index in [0.29, 0.717) is 0 Å². The Kier molecular flexibility index (Phi) is 6.16. The predicted octanol–water partition coefficient (Wildman–Crippen LogP) is 6.24. The van der Waals surface area contributed by atoms with Gasteiger partial charge in [0.15, 0.2) is 0 Å². The van der Waals surface area contributed by atoms with Crippen LogP contribution in [0.5, 0.6) is 0 Å². The van der Waals surface area contributed by atoms with Gasteiger partial charge in [-0.3, -0.25) is 4.98 Å². The summed E-state index contributed by atoms with van der Waals surface area (Å²) in [5.41, 5.74) is 6.37. The molecule has 0 saturated carbocycles. The molecule has 0 fully saturated rings. The maximum atomic E-state index is 13.1. The van der Waals surface area contributed by atoms with E-state index in [1.165, 1.54) is 12.1 Å². The highest BCUT2D eigenvalue weighted by atomic mass is 19.1. The molecule has 1 aromatic heterocycles. The molecule has 1 N–H and O–H groups in total. The smallest absolute Gasteiger partial charge is 0.123 e. The van der Waals surface area contributed by atoms with E-state index in [1.807, 2.05) is 30.5 Å². The van der Waals surface area contributed by atoms with Gasteiger partial charge in [-0.15, -0.1) is 0 Å². The molecular formula is C26H23FN2O. The normalized spacial score (nSPS) is 11.8. The molecule has 0 radical (unpaired) electrons. The van der Waals surface area contributed by atoms with Crippen molar-refractivity contribution in [2.24, 2.45) is 0 Å². The number of hydrogen-bond acceptors (Lipinski definition) is 3. The van der Waals surface area contributed by atoms with Crippen molar-refractivity contribution in [1.82, 2.24) is 4.98 Å². The first kappa shape index (κ1) is 19.8. The van der Waals surface area contributed by atoms with Crippen molar-refractivity contribution in [2.45, 2.75) is 12.6 Å². The van der Waals surface area contributed by atoms with Crippen molar-refractivity contribution < 1.29 is 9.13 Å². The molecule has 0 aliphatic heterocycles. The number of pyridine rings is 1. The van der Waals surface area contributed by atoms with Crippen LogP contribution >= 0.6 is 0 Å². The number of halogens is 1. The van der Waals surface area contributed by atoms with Crippen LogP contribution in [0.25, 0.3) is 11.1 Å². The van der Waals surface area contributed by atoms with Crippen LogP contribution in [0.2, 0.25) is 0 Å². The molecule has 0 spiro atoms. The quantitative estimate of drug-likeness (QED) is 0.400. The molecular weight excluding hydrogens is 375 g/mol. The second-order valence-electron chi connectivity index (χ2n) is 7.08. The average Bonchev–Trinajstić information content (AvgIpc) is 2.81. The number of ether oxygens (including phenoxy) is 1. The molecule has 4 heteroatoms. The molecule has 150 valence electrons. The number of rotatable bonds is 7. The Morgan fingerprint density at radius 2 is 1.43 bits per heavy atom. The van der Waals surface area contributed by atoms with Gasteiger partial charge in [0, 0.05) is 31.7 Å². The lowest BCUT2D eigenvalue weighted by Crippen LogP contribution is -2.04. The Balaban J connectivity index is 1.46. The number of nitrogens with zero attached hydrogens (tertiary/aromatic N) is 1. The third kappa shape index (κ3) is 4.73. The standard InChI is InChI=1S/C26H23FN2O/c1-30-26(22-6-4-20(5-7-22)21-8-12-24(27)13-9-21)23-10-14-25(15-11-23)29-18-19-3-2-16-28-17-19/h2-17,26,29H,18H2,1H3. The van der Waals surface area contributed by atoms with Crippen LogP contribution in [-0.2, 0) is 11.3 Å². The van der Waals surface area contributed by atoms with Gasteiger partial charge in [0.25, 0.3) is 0 Å². The second-order valence-corrected chi connectivity index (χ2v) is 7.08. The van der Waals surface area contributed by atoms with E-state index in [-0.39, 0.29) is 11.9 Å². The SMILES string of the molecule is COC(c1ccc(NCc2cccnc2)cc1)c1ccc(-c2ccc(F)cc2)cc1. The largest absolute Gasteiger partial charge is 0.381 e. The molecule has 0 aliphatic carbocycles. The van der Waals surface area contributed by atoms with Crippen LogP contribution in [0, 0.1) is 5.82 Å². The summed E-state index contributed by atoms with van der Waals surface area (Å²) in [7, 11) is 1.72. The third-order valence-electron chi connectivity index (χ3n) is 5.06. The van der Waals surface area contributed by atoms with E-state index in [4.69, 9.17) is 4.74 Å². The summed E-state index contributed by atoms with van der Waals surface area (Å²) >= 11 is 0. The first-order valence-corrected chi connectivity index (χ1v) is 9.84. The molecule has 4 aromatic rings. The van der Waals surface area contributed by atoms with Gasteiger partial charge in [0.2, 0.25) is 0 Å². The van der Waals surface area contributed by atoms with Crippen LogP contribution in [-0.4, -0.2) is 12.1 Å². The molecule has 0 saturated heterocycles. The van der Waals surface area contributed by atoms with E-state index in [1.54, 1.807) is 25.4 Å². The fourth-order valence-electron chi connectivity index (χ4n) is 3.44. The molecule has 0 amide bonds. The van der Waals surface area contributed by atoms with E-state index in [2.05, 4.69) is 46.7 Å². The number of anilines is 1.